The average molecular weight is 1950 g/mol. The molecule has 6 fully saturated rings. The maximum absolute atomic E-state index is 14.5. The first-order valence-electron chi connectivity index (χ1n) is 49.1. The quantitative estimate of drug-likeness (QED) is 0.0284. The van der Waals surface area contributed by atoms with E-state index in [1.807, 2.05) is 0 Å². The first-order chi connectivity index (χ1) is 64.6. The number of ketones is 1. The van der Waals surface area contributed by atoms with Crippen molar-refractivity contribution in [2.75, 3.05) is 46.2 Å². The molecule has 784 valence electrons. The Labute approximate surface area is 791 Å². The lowest BCUT2D eigenvalue weighted by atomic mass is 9.86. The number of rotatable bonds is 67. The molecule has 6 saturated heterocycles. The number of hydrogen-bond acceptors (Lipinski definition) is 37. The fourth-order valence-corrected chi connectivity index (χ4v) is 18.3. The third kappa shape index (κ3) is 36.9. The Kier molecular flexibility index (Phi) is 55.2. The topological polar surface area (TPSA) is 674 Å². The smallest absolute Gasteiger partial charge is 0.364 e. The molecule has 6 rings (SSSR count). The number of unbranched alkanes of at least 4 members (excludes halogenated alkanes) is 30. The molecule has 6 heterocycles. The molecule has 34 unspecified atom stereocenters. The number of aliphatic hydroxyl groups excluding tert-OH is 19. The van der Waals surface area contributed by atoms with Crippen LogP contribution in [0.25, 0.3) is 0 Å². The van der Waals surface area contributed by atoms with Crippen molar-refractivity contribution in [2.45, 2.75) is 474 Å². The number of aliphatic carboxylic acids is 2. The normalized spacial score (nSPS) is 33.8. The number of hydrogen-bond donors (Lipinski definition) is 24. The molecular formula is C93H163N3O39. The van der Waals surface area contributed by atoms with E-state index in [0.717, 1.165) is 97.8 Å². The zero-order valence-electron chi connectivity index (χ0n) is 79.1. The number of carboxylic acids is 2. The minimum absolute atomic E-state index is 0.0857. The Morgan fingerprint density at radius 3 is 1.30 bits per heavy atom. The highest BCUT2D eigenvalue weighted by Crippen LogP contribution is 2.44. The van der Waals surface area contributed by atoms with Crippen LogP contribution in [0, 0.1) is 5.92 Å². The van der Waals surface area contributed by atoms with E-state index in [0.29, 0.717) is 12.8 Å². The molecule has 24 N–H and O–H groups in total. The van der Waals surface area contributed by atoms with Gasteiger partial charge in [-0.3, -0.25) is 14.4 Å². The Balaban J connectivity index is 1.27. The monoisotopic (exact) mass is 1950 g/mol. The molecule has 0 saturated carbocycles. The summed E-state index contributed by atoms with van der Waals surface area (Å²) < 4.78 is 72.6. The number of carbonyl (C=O) groups is 6. The molecular weight excluding hydrogens is 1780 g/mol. The summed E-state index contributed by atoms with van der Waals surface area (Å²) in [6, 6.07) is -5.10. The Morgan fingerprint density at radius 2 is 0.830 bits per heavy atom. The minimum atomic E-state index is -3.68. The van der Waals surface area contributed by atoms with Gasteiger partial charge in [0.1, 0.15) is 128 Å². The highest BCUT2D eigenvalue weighted by Gasteiger charge is 2.64. The first-order valence-corrected chi connectivity index (χ1v) is 49.1. The molecule has 0 bridgehead atoms. The standard InChI is InChI=1S/C93H163N3O39/c1-6-8-10-12-14-16-18-20-21-22-23-24-25-26-27-28-29-31-33-35-37-39-41-43-68(110)96-58(59(106)42-40-38-36-34-32-30-19-17-15-13-11-9-7-2)53-124-87-78(118)76(116)81(66(51-101)127-87)130-89-79(119)85(82(67(52-102)128-89)131-86-57(44-54(3)103)80(73(113)64(49-99)125-86)129-88-77(117)75(115)72(112)63(48-98)126-88)135-93(91(122)123)46-61(108)70(95-56(5)105)84(134-93)74(114)65(50-100)132-92(90(120)121)45-60(107)69(94-55(4)104)83(133-92)71(111)62(109)47-97/h20-21,40,42,57-67,69-89,97-102,106-109,111-119H,6-19,22-39,41,43-53H2,1-5H3,(H,94,104)(H,95,105)(H,96,110)(H,120,121)(H,122,123). The number of carbonyl (C=O) groups excluding carboxylic acids is 4. The Morgan fingerprint density at radius 1 is 0.422 bits per heavy atom. The van der Waals surface area contributed by atoms with Crippen LogP contribution in [0.3, 0.4) is 0 Å². The van der Waals surface area contributed by atoms with E-state index < -0.39 is 308 Å². The second-order valence-corrected chi connectivity index (χ2v) is 37.1. The SMILES string of the molecule is CCCCCCCCC=CCCCCCCCCCCCCCCCC(=O)NC(COC1OC(CO)C(OC2OC(CO)C(OC3OC(CO)C(O)C(OC4OC(CO)C(O)C(O)C4O)C3CC(C)=O)C(OC3(C(=O)O)CC(O)C(NC(C)=O)C(C(O)C(CO)OC4(C(=O)O)CC(O)C(NC(C)=O)C(C(O)C(O)CO)O4)O3)C2O)C(O)C1O)C(O)C=CCCCCCCCCCCCCC. The van der Waals surface area contributed by atoms with Gasteiger partial charge in [0.2, 0.25) is 17.7 Å². The largest absolute Gasteiger partial charge is 0.477 e. The van der Waals surface area contributed by atoms with Gasteiger partial charge in [-0.2, -0.15) is 0 Å². The van der Waals surface area contributed by atoms with E-state index in [1.165, 1.54) is 128 Å². The summed E-state index contributed by atoms with van der Waals surface area (Å²) in [5.41, 5.74) is 0. The van der Waals surface area contributed by atoms with Crippen molar-refractivity contribution >= 4 is 35.4 Å². The second kappa shape index (κ2) is 62.6. The van der Waals surface area contributed by atoms with Crippen molar-refractivity contribution in [1.29, 1.82) is 0 Å². The molecule has 6 aliphatic heterocycles. The summed E-state index contributed by atoms with van der Waals surface area (Å²) in [7, 11) is 0. The maximum atomic E-state index is 14.5. The summed E-state index contributed by atoms with van der Waals surface area (Å²) in [4.78, 5) is 80.7. The molecule has 0 aromatic rings. The number of allylic oxidation sites excluding steroid dienone is 3. The van der Waals surface area contributed by atoms with Gasteiger partial charge >= 0.3 is 11.9 Å². The van der Waals surface area contributed by atoms with Crippen molar-refractivity contribution in [3.8, 4) is 0 Å². The van der Waals surface area contributed by atoms with Crippen LogP contribution in [0.4, 0.5) is 0 Å². The van der Waals surface area contributed by atoms with E-state index in [2.05, 4.69) is 41.9 Å². The Hall–Kier alpha value is -4.74. The lowest BCUT2D eigenvalue weighted by molar-refractivity contribution is -0.407. The summed E-state index contributed by atoms with van der Waals surface area (Å²) in [5.74, 6) is -16.5. The van der Waals surface area contributed by atoms with Gasteiger partial charge in [0.15, 0.2) is 25.2 Å². The van der Waals surface area contributed by atoms with Crippen LogP contribution in [0.15, 0.2) is 24.3 Å². The molecule has 0 radical (unpaired) electrons. The number of amides is 3. The van der Waals surface area contributed by atoms with E-state index in [9.17, 15) is 136 Å². The number of carboxylic acid groups (broad SMARTS) is 2. The van der Waals surface area contributed by atoms with Gasteiger partial charge in [0.25, 0.3) is 11.6 Å². The zero-order chi connectivity index (χ0) is 99.5. The fourth-order valence-electron chi connectivity index (χ4n) is 18.3. The van der Waals surface area contributed by atoms with Gasteiger partial charge < -0.3 is 185 Å². The van der Waals surface area contributed by atoms with Crippen LogP contribution in [-0.2, 0) is 85.6 Å². The highest BCUT2D eigenvalue weighted by atomic mass is 16.8. The number of Topliss-reactive ketones (excluding diaryl/α,β-unsaturated/α-hetero) is 1. The van der Waals surface area contributed by atoms with E-state index in [1.54, 1.807) is 6.08 Å². The molecule has 0 aromatic carbocycles. The molecule has 135 heavy (non-hydrogen) atoms. The minimum Gasteiger partial charge on any atom is -0.477 e. The molecule has 3 amide bonds. The first kappa shape index (κ1) is 119. The van der Waals surface area contributed by atoms with Crippen LogP contribution in [0.1, 0.15) is 272 Å². The van der Waals surface area contributed by atoms with Gasteiger partial charge in [-0.1, -0.05) is 205 Å². The predicted molar refractivity (Wildman–Crippen MR) is 478 cm³/mol. The van der Waals surface area contributed by atoms with Crippen molar-refractivity contribution in [3.05, 3.63) is 24.3 Å². The third-order valence-electron chi connectivity index (χ3n) is 26.0. The summed E-state index contributed by atoms with van der Waals surface area (Å²) in [6.07, 6.45) is -20.1. The van der Waals surface area contributed by atoms with Crippen molar-refractivity contribution in [2.24, 2.45) is 5.92 Å². The van der Waals surface area contributed by atoms with Crippen molar-refractivity contribution in [1.82, 2.24) is 16.0 Å². The third-order valence-corrected chi connectivity index (χ3v) is 26.0. The molecule has 42 nitrogen and oxygen atoms in total. The van der Waals surface area contributed by atoms with Crippen molar-refractivity contribution in [3.63, 3.8) is 0 Å². The number of nitrogens with one attached hydrogen (secondary N) is 3. The van der Waals surface area contributed by atoms with Gasteiger partial charge in [-0.25, -0.2) is 9.59 Å². The van der Waals surface area contributed by atoms with Crippen LogP contribution < -0.4 is 16.0 Å². The van der Waals surface area contributed by atoms with Crippen LogP contribution >= 0.6 is 0 Å². The lowest BCUT2D eigenvalue weighted by Crippen LogP contribution is -2.72. The maximum Gasteiger partial charge on any atom is 0.364 e. The number of ether oxygens (including phenoxy) is 12. The molecule has 34 atom stereocenters. The molecule has 0 aromatic heterocycles. The van der Waals surface area contributed by atoms with E-state index in [-0.39, 0.29) is 6.42 Å². The zero-order valence-corrected chi connectivity index (χ0v) is 79.1. The predicted octanol–water partition coefficient (Wildman–Crippen LogP) is 0.119. The van der Waals surface area contributed by atoms with Gasteiger partial charge in [0.05, 0.1) is 88.8 Å². The number of aliphatic hydroxyl groups is 19. The van der Waals surface area contributed by atoms with Gasteiger partial charge in [0, 0.05) is 45.4 Å². The fraction of sp³-hybridized carbons (Fsp3) is 0.892. The Bertz CT molecular complexity index is 3400. The molecule has 42 heteroatoms. The van der Waals surface area contributed by atoms with Crippen LogP contribution in [-0.4, -0.2) is 390 Å². The summed E-state index contributed by atoms with van der Waals surface area (Å²) in [5, 5.41) is 246. The molecule has 6 aliphatic rings. The van der Waals surface area contributed by atoms with E-state index >= 15 is 0 Å². The van der Waals surface area contributed by atoms with Crippen LogP contribution in [0.2, 0.25) is 0 Å². The van der Waals surface area contributed by atoms with Gasteiger partial charge in [-0.15, -0.1) is 0 Å². The van der Waals surface area contributed by atoms with Crippen LogP contribution in [0.5, 0.6) is 0 Å². The molecule has 0 spiro atoms. The van der Waals surface area contributed by atoms with E-state index in [4.69, 9.17) is 56.8 Å². The highest BCUT2D eigenvalue weighted by molar-refractivity contribution is 5.78. The summed E-state index contributed by atoms with van der Waals surface area (Å²) >= 11 is 0. The van der Waals surface area contributed by atoms with Crippen molar-refractivity contribution < 1.29 is 193 Å². The lowest BCUT2D eigenvalue weighted by Gasteiger charge is -2.53. The average Bonchev–Trinajstić information content (AvgIpc) is 0.741. The summed E-state index contributed by atoms with van der Waals surface area (Å²) in [6.45, 7) is -0.763. The molecule has 0 aliphatic carbocycles. The van der Waals surface area contributed by atoms with Gasteiger partial charge in [-0.05, 0) is 51.9 Å². The second-order valence-electron chi connectivity index (χ2n) is 37.1.